The maximum absolute atomic E-state index is 13.0. The van der Waals surface area contributed by atoms with E-state index in [1.807, 2.05) is 0 Å². The molecule has 3 nitrogen and oxygen atoms in total. The number of hydrogen-bond acceptors (Lipinski definition) is 3. The number of alkyl halides is 2. The van der Waals surface area contributed by atoms with E-state index < -0.39 is 30.7 Å². The van der Waals surface area contributed by atoms with Crippen molar-refractivity contribution in [3.8, 4) is 0 Å². The van der Waals surface area contributed by atoms with Crippen LogP contribution in [0.3, 0.4) is 0 Å². The molecular formula is C11H20F2O3. The Bertz CT molecular complexity index is 191. The van der Waals surface area contributed by atoms with Gasteiger partial charge in [0.05, 0.1) is 0 Å². The molecule has 0 fully saturated rings. The van der Waals surface area contributed by atoms with Crippen LogP contribution in [0.15, 0.2) is 0 Å². The quantitative estimate of drug-likeness (QED) is 0.665. The molecule has 0 aromatic rings. The van der Waals surface area contributed by atoms with Crippen molar-refractivity contribution >= 4 is 6.16 Å². The zero-order valence-electron chi connectivity index (χ0n) is 10.2. The molecule has 4 unspecified atom stereocenters. The molecule has 0 spiro atoms. The van der Waals surface area contributed by atoms with Gasteiger partial charge < -0.3 is 9.47 Å². The van der Waals surface area contributed by atoms with Gasteiger partial charge in [0.2, 0.25) is 0 Å². The van der Waals surface area contributed by atoms with Crippen LogP contribution in [-0.4, -0.2) is 30.7 Å². The number of rotatable bonds is 6. The van der Waals surface area contributed by atoms with Crippen LogP contribution >= 0.6 is 0 Å². The molecule has 0 saturated carbocycles. The topological polar surface area (TPSA) is 35.5 Å². The minimum atomic E-state index is -1.23. The molecule has 0 aliphatic heterocycles. The first-order valence-corrected chi connectivity index (χ1v) is 5.57. The summed E-state index contributed by atoms with van der Waals surface area (Å²) in [5.41, 5.74) is 0. The van der Waals surface area contributed by atoms with Crippen LogP contribution in [0.4, 0.5) is 13.6 Å². The van der Waals surface area contributed by atoms with Gasteiger partial charge >= 0.3 is 6.16 Å². The smallest absolute Gasteiger partial charge is 0.428 e. The van der Waals surface area contributed by atoms with Gasteiger partial charge in [0, 0.05) is 0 Å². The molecule has 0 aromatic heterocycles. The summed E-state index contributed by atoms with van der Waals surface area (Å²) in [4.78, 5) is 11.1. The second-order valence-electron chi connectivity index (χ2n) is 3.74. The third-order valence-electron chi connectivity index (χ3n) is 2.36. The molecule has 16 heavy (non-hydrogen) atoms. The minimum absolute atomic E-state index is 0.255. The lowest BCUT2D eigenvalue weighted by Gasteiger charge is -2.19. The second kappa shape index (κ2) is 7.41. The Morgan fingerprint density at radius 3 is 1.56 bits per heavy atom. The molecular weight excluding hydrogens is 218 g/mol. The summed E-state index contributed by atoms with van der Waals surface area (Å²) in [7, 11) is 0. The van der Waals surface area contributed by atoms with E-state index in [-0.39, 0.29) is 12.8 Å². The molecule has 96 valence electrons. The zero-order chi connectivity index (χ0) is 12.7. The Kier molecular flexibility index (Phi) is 7.01. The molecule has 0 aliphatic carbocycles. The van der Waals surface area contributed by atoms with Crippen LogP contribution in [0.5, 0.6) is 0 Å². The zero-order valence-corrected chi connectivity index (χ0v) is 10.2. The van der Waals surface area contributed by atoms with Crippen molar-refractivity contribution in [2.24, 2.45) is 0 Å². The standard InChI is InChI=1S/C11H20F2O3/c1-5-9(12)7(3)15-11(14)16-8(4)10(13)6-2/h7-10H,5-6H2,1-4H3. The highest BCUT2D eigenvalue weighted by Crippen LogP contribution is 2.12. The molecule has 0 N–H and O–H groups in total. The van der Waals surface area contributed by atoms with Crippen LogP contribution in [0.25, 0.3) is 0 Å². The second-order valence-corrected chi connectivity index (χ2v) is 3.74. The summed E-state index contributed by atoms with van der Waals surface area (Å²) in [6.45, 7) is 6.17. The third kappa shape index (κ3) is 5.28. The van der Waals surface area contributed by atoms with E-state index in [4.69, 9.17) is 0 Å². The molecule has 5 heteroatoms. The first-order chi connectivity index (χ1) is 7.42. The molecule has 0 aromatic carbocycles. The lowest BCUT2D eigenvalue weighted by atomic mass is 10.2. The Labute approximate surface area is 95.1 Å². The van der Waals surface area contributed by atoms with Crippen LogP contribution in [0.1, 0.15) is 40.5 Å². The van der Waals surface area contributed by atoms with Crippen molar-refractivity contribution in [1.29, 1.82) is 0 Å². The van der Waals surface area contributed by atoms with Gasteiger partial charge in [0.1, 0.15) is 24.6 Å². The lowest BCUT2D eigenvalue weighted by molar-refractivity contribution is -0.0323. The highest BCUT2D eigenvalue weighted by molar-refractivity contribution is 5.60. The number of carbonyl (C=O) groups excluding carboxylic acids is 1. The summed E-state index contributed by atoms with van der Waals surface area (Å²) in [6.07, 6.45) is -4.71. The van der Waals surface area contributed by atoms with Gasteiger partial charge in [-0.1, -0.05) is 13.8 Å². The highest BCUT2D eigenvalue weighted by Gasteiger charge is 2.23. The Balaban J connectivity index is 3.99. The molecule has 0 rings (SSSR count). The fourth-order valence-corrected chi connectivity index (χ4v) is 1.14. The van der Waals surface area contributed by atoms with Gasteiger partial charge in [-0.2, -0.15) is 0 Å². The average molecular weight is 238 g/mol. The van der Waals surface area contributed by atoms with E-state index in [1.54, 1.807) is 13.8 Å². The maximum Gasteiger partial charge on any atom is 0.509 e. The number of carbonyl (C=O) groups is 1. The summed E-state index contributed by atoms with van der Waals surface area (Å²) >= 11 is 0. The molecule has 0 saturated heterocycles. The van der Waals surface area contributed by atoms with Gasteiger partial charge in [-0.3, -0.25) is 0 Å². The SMILES string of the molecule is CCC(F)C(C)OC(=O)OC(C)C(F)CC. The van der Waals surface area contributed by atoms with Crippen molar-refractivity contribution in [3.63, 3.8) is 0 Å². The number of hydrogen-bond donors (Lipinski definition) is 0. The number of halogens is 2. The third-order valence-corrected chi connectivity index (χ3v) is 2.36. The Morgan fingerprint density at radius 1 is 1.00 bits per heavy atom. The van der Waals surface area contributed by atoms with Crippen molar-refractivity contribution < 1.29 is 23.0 Å². The van der Waals surface area contributed by atoms with E-state index in [9.17, 15) is 13.6 Å². The Hall–Kier alpha value is -0.870. The van der Waals surface area contributed by atoms with Crippen molar-refractivity contribution in [2.45, 2.75) is 65.1 Å². The van der Waals surface area contributed by atoms with Crippen LogP contribution < -0.4 is 0 Å². The van der Waals surface area contributed by atoms with Crippen LogP contribution in [0, 0.1) is 0 Å². The summed E-state index contributed by atoms with van der Waals surface area (Å²) < 4.78 is 35.4. The van der Waals surface area contributed by atoms with E-state index in [0.717, 1.165) is 0 Å². The van der Waals surface area contributed by atoms with Gasteiger partial charge in [-0.05, 0) is 26.7 Å². The average Bonchev–Trinajstić information content (AvgIpc) is 2.26. The highest BCUT2D eigenvalue weighted by atomic mass is 19.1. The largest absolute Gasteiger partial charge is 0.509 e. The van der Waals surface area contributed by atoms with Crippen molar-refractivity contribution in [1.82, 2.24) is 0 Å². The van der Waals surface area contributed by atoms with Crippen LogP contribution in [0.2, 0.25) is 0 Å². The summed E-state index contributed by atoms with van der Waals surface area (Å²) in [5, 5.41) is 0. The fraction of sp³-hybridized carbons (Fsp3) is 0.909. The lowest BCUT2D eigenvalue weighted by Crippen LogP contribution is -2.30. The van der Waals surface area contributed by atoms with Crippen molar-refractivity contribution in [2.75, 3.05) is 0 Å². The molecule has 0 radical (unpaired) electrons. The normalized spacial score (nSPS) is 18.4. The minimum Gasteiger partial charge on any atom is -0.428 e. The maximum atomic E-state index is 13.0. The molecule has 0 amide bonds. The molecule has 4 atom stereocenters. The fourth-order valence-electron chi connectivity index (χ4n) is 1.14. The van der Waals surface area contributed by atoms with E-state index in [0.29, 0.717) is 0 Å². The van der Waals surface area contributed by atoms with Crippen molar-refractivity contribution in [3.05, 3.63) is 0 Å². The number of ether oxygens (including phenoxy) is 2. The van der Waals surface area contributed by atoms with E-state index in [2.05, 4.69) is 9.47 Å². The molecule has 0 aliphatic rings. The van der Waals surface area contributed by atoms with E-state index >= 15 is 0 Å². The van der Waals surface area contributed by atoms with Crippen LogP contribution in [-0.2, 0) is 9.47 Å². The Morgan fingerprint density at radius 2 is 1.31 bits per heavy atom. The van der Waals surface area contributed by atoms with Gasteiger partial charge in [0.15, 0.2) is 0 Å². The van der Waals surface area contributed by atoms with Gasteiger partial charge in [0.25, 0.3) is 0 Å². The predicted molar refractivity (Wildman–Crippen MR) is 56.9 cm³/mol. The summed E-state index contributed by atoms with van der Waals surface area (Å²) in [6, 6.07) is 0. The van der Waals surface area contributed by atoms with Gasteiger partial charge in [-0.15, -0.1) is 0 Å². The first kappa shape index (κ1) is 15.1. The monoisotopic (exact) mass is 238 g/mol. The van der Waals surface area contributed by atoms with E-state index in [1.165, 1.54) is 13.8 Å². The molecule has 0 bridgehead atoms. The first-order valence-electron chi connectivity index (χ1n) is 5.57. The van der Waals surface area contributed by atoms with Gasteiger partial charge in [-0.25, -0.2) is 13.6 Å². The predicted octanol–water partition coefficient (Wildman–Crippen LogP) is 3.41. The summed E-state index contributed by atoms with van der Waals surface area (Å²) in [5.74, 6) is 0. The molecule has 0 heterocycles.